The van der Waals surface area contributed by atoms with Crippen LogP contribution in [0.1, 0.15) is 53.8 Å². The van der Waals surface area contributed by atoms with Crippen molar-refractivity contribution >= 4 is 29.2 Å². The minimum absolute atomic E-state index is 0.0141. The number of carbonyl (C=O) groups excluding carboxylic acids is 3. The number of nitrogens with zero attached hydrogens (tertiary/aromatic N) is 4. The van der Waals surface area contributed by atoms with Crippen molar-refractivity contribution in [3.8, 4) is 5.69 Å². The van der Waals surface area contributed by atoms with Crippen molar-refractivity contribution in [3.63, 3.8) is 0 Å². The average Bonchev–Trinajstić information content (AvgIpc) is 3.32. The Morgan fingerprint density at radius 3 is 2.16 bits per heavy atom. The number of imide groups is 1. The number of aromatic nitrogens is 2. The van der Waals surface area contributed by atoms with Crippen LogP contribution in [0.5, 0.6) is 0 Å². The summed E-state index contributed by atoms with van der Waals surface area (Å²) in [5.74, 6) is -0.206. The SMILES string of the molecule is Cc1nc(CN(C)C)n(-c2ccc(Cl)cc2C(=O)c2ccccc2)c1CN1C(=O)c2ccccc2C1=O. The monoisotopic (exact) mass is 512 g/mol. The van der Waals surface area contributed by atoms with Gasteiger partial charge < -0.3 is 4.90 Å². The molecule has 0 spiro atoms. The molecule has 0 N–H and O–H groups in total. The van der Waals surface area contributed by atoms with Gasteiger partial charge >= 0.3 is 0 Å². The van der Waals surface area contributed by atoms with E-state index in [9.17, 15) is 14.4 Å². The number of benzene rings is 3. The Hall–Kier alpha value is -4.07. The standard InChI is InChI=1S/C29H25ClN4O3/c1-18-25(16-33-28(36)21-11-7-8-12-22(21)29(33)37)34(26(31-18)17-32(2)3)24-14-13-20(30)15-23(24)27(35)19-9-5-4-6-10-19/h4-15H,16-17H2,1-3H3. The molecular weight excluding hydrogens is 488 g/mol. The number of fused-ring (bicyclic) bond motifs is 1. The molecule has 0 unspecified atom stereocenters. The summed E-state index contributed by atoms with van der Waals surface area (Å²) in [4.78, 5) is 47.9. The van der Waals surface area contributed by atoms with Crippen molar-refractivity contribution in [1.29, 1.82) is 0 Å². The van der Waals surface area contributed by atoms with Gasteiger partial charge in [-0.15, -0.1) is 0 Å². The molecular formula is C29H25ClN4O3. The maximum Gasteiger partial charge on any atom is 0.261 e. The lowest BCUT2D eigenvalue weighted by molar-refractivity contribution is 0.0639. The van der Waals surface area contributed by atoms with E-state index in [1.54, 1.807) is 54.6 Å². The number of hydrogen-bond acceptors (Lipinski definition) is 5. The Kier molecular flexibility index (Phi) is 6.50. The third kappa shape index (κ3) is 4.48. The first-order valence-corrected chi connectivity index (χ1v) is 12.2. The van der Waals surface area contributed by atoms with Gasteiger partial charge in [0.2, 0.25) is 0 Å². The molecule has 5 rings (SSSR count). The number of amides is 2. The van der Waals surface area contributed by atoms with E-state index >= 15 is 0 Å². The number of hydrogen-bond donors (Lipinski definition) is 0. The topological polar surface area (TPSA) is 75.5 Å². The second kappa shape index (κ2) is 9.76. The van der Waals surface area contributed by atoms with Crippen LogP contribution in [0.25, 0.3) is 5.69 Å². The molecule has 7 nitrogen and oxygen atoms in total. The van der Waals surface area contributed by atoms with Crippen LogP contribution in [0.15, 0.2) is 72.8 Å². The largest absolute Gasteiger partial charge is 0.302 e. The summed E-state index contributed by atoms with van der Waals surface area (Å²) < 4.78 is 1.88. The normalized spacial score (nSPS) is 12.9. The second-order valence-electron chi connectivity index (χ2n) is 9.23. The molecule has 0 bridgehead atoms. The first-order chi connectivity index (χ1) is 17.8. The Morgan fingerprint density at radius 1 is 0.919 bits per heavy atom. The number of imidazole rings is 1. The summed E-state index contributed by atoms with van der Waals surface area (Å²) >= 11 is 6.35. The lowest BCUT2D eigenvalue weighted by Gasteiger charge is -2.20. The first kappa shape index (κ1) is 24.6. The number of ketones is 1. The van der Waals surface area contributed by atoms with Gasteiger partial charge in [-0.05, 0) is 51.4 Å². The fourth-order valence-electron chi connectivity index (χ4n) is 4.65. The molecule has 186 valence electrons. The molecule has 0 saturated heterocycles. The minimum Gasteiger partial charge on any atom is -0.302 e. The Balaban J connectivity index is 1.66. The average molecular weight is 513 g/mol. The summed E-state index contributed by atoms with van der Waals surface area (Å²) in [7, 11) is 3.85. The van der Waals surface area contributed by atoms with Gasteiger partial charge in [-0.25, -0.2) is 4.98 Å². The van der Waals surface area contributed by atoms with Gasteiger partial charge in [-0.2, -0.15) is 0 Å². The summed E-state index contributed by atoms with van der Waals surface area (Å²) in [6, 6.07) is 20.9. The quantitative estimate of drug-likeness (QED) is 0.259. The molecule has 2 amide bonds. The molecule has 3 aromatic carbocycles. The highest BCUT2D eigenvalue weighted by molar-refractivity contribution is 6.31. The Labute approximate surface area is 219 Å². The van der Waals surface area contributed by atoms with Crippen molar-refractivity contribution in [1.82, 2.24) is 19.4 Å². The van der Waals surface area contributed by atoms with E-state index in [2.05, 4.69) is 0 Å². The molecule has 8 heteroatoms. The third-order valence-electron chi connectivity index (χ3n) is 6.37. The van der Waals surface area contributed by atoms with Crippen LogP contribution in [0.3, 0.4) is 0 Å². The van der Waals surface area contributed by atoms with E-state index in [4.69, 9.17) is 16.6 Å². The van der Waals surface area contributed by atoms with Gasteiger partial charge in [-0.1, -0.05) is 54.1 Å². The van der Waals surface area contributed by atoms with Crippen molar-refractivity contribution in [2.75, 3.05) is 14.1 Å². The fourth-order valence-corrected chi connectivity index (χ4v) is 4.82. The molecule has 0 atom stereocenters. The molecule has 1 aliphatic heterocycles. The van der Waals surface area contributed by atoms with Crippen LogP contribution in [-0.2, 0) is 13.1 Å². The lowest BCUT2D eigenvalue weighted by Crippen LogP contribution is -2.30. The van der Waals surface area contributed by atoms with Gasteiger partial charge in [0.25, 0.3) is 11.8 Å². The molecule has 37 heavy (non-hydrogen) atoms. The van der Waals surface area contributed by atoms with Crippen molar-refractivity contribution in [3.05, 3.63) is 117 Å². The van der Waals surface area contributed by atoms with Gasteiger partial charge in [0.05, 0.1) is 41.3 Å². The van der Waals surface area contributed by atoms with Crippen LogP contribution in [0.2, 0.25) is 5.02 Å². The highest BCUT2D eigenvalue weighted by atomic mass is 35.5. The second-order valence-corrected chi connectivity index (χ2v) is 9.67. The van der Waals surface area contributed by atoms with E-state index in [1.165, 1.54) is 4.90 Å². The van der Waals surface area contributed by atoms with Crippen LogP contribution in [-0.4, -0.2) is 51.0 Å². The van der Waals surface area contributed by atoms with Gasteiger partial charge in [0.15, 0.2) is 5.78 Å². The van der Waals surface area contributed by atoms with Crippen LogP contribution < -0.4 is 0 Å². The summed E-state index contributed by atoms with van der Waals surface area (Å²) in [6.45, 7) is 2.34. The smallest absolute Gasteiger partial charge is 0.261 e. The molecule has 0 saturated carbocycles. The van der Waals surface area contributed by atoms with E-state index in [0.717, 1.165) is 0 Å². The van der Waals surface area contributed by atoms with Crippen LogP contribution in [0.4, 0.5) is 0 Å². The fraction of sp³-hybridized carbons (Fsp3) is 0.172. The zero-order chi connectivity index (χ0) is 26.3. The Bertz CT molecular complexity index is 1510. The zero-order valence-electron chi connectivity index (χ0n) is 20.7. The van der Waals surface area contributed by atoms with Crippen molar-refractivity contribution in [2.24, 2.45) is 0 Å². The molecule has 1 aromatic heterocycles. The number of halogens is 1. The predicted octanol–water partition coefficient (Wildman–Crippen LogP) is 4.92. The molecule has 0 aliphatic carbocycles. The van der Waals surface area contributed by atoms with E-state index in [0.29, 0.717) is 56.7 Å². The van der Waals surface area contributed by atoms with E-state index in [-0.39, 0.29) is 24.1 Å². The maximum absolute atomic E-state index is 13.6. The third-order valence-corrected chi connectivity index (χ3v) is 6.60. The number of rotatable bonds is 7. The molecule has 0 radical (unpaired) electrons. The zero-order valence-corrected chi connectivity index (χ0v) is 21.5. The van der Waals surface area contributed by atoms with E-state index in [1.807, 2.05) is 48.7 Å². The first-order valence-electron chi connectivity index (χ1n) is 11.8. The minimum atomic E-state index is -0.349. The van der Waals surface area contributed by atoms with Gasteiger partial charge in [0.1, 0.15) is 5.82 Å². The Morgan fingerprint density at radius 2 is 1.54 bits per heavy atom. The molecule has 4 aromatic rings. The van der Waals surface area contributed by atoms with Gasteiger partial charge in [-0.3, -0.25) is 23.9 Å². The molecule has 0 fully saturated rings. The highest BCUT2D eigenvalue weighted by Gasteiger charge is 2.36. The van der Waals surface area contributed by atoms with Crippen molar-refractivity contribution in [2.45, 2.75) is 20.0 Å². The highest BCUT2D eigenvalue weighted by Crippen LogP contribution is 2.30. The van der Waals surface area contributed by atoms with Gasteiger partial charge in [0, 0.05) is 16.1 Å². The maximum atomic E-state index is 13.6. The van der Waals surface area contributed by atoms with Crippen LogP contribution in [0, 0.1) is 6.92 Å². The van der Waals surface area contributed by atoms with Crippen molar-refractivity contribution < 1.29 is 14.4 Å². The number of aryl methyl sites for hydroxylation is 1. The van der Waals surface area contributed by atoms with E-state index < -0.39 is 0 Å². The summed E-state index contributed by atoms with van der Waals surface area (Å²) in [6.07, 6.45) is 0. The summed E-state index contributed by atoms with van der Waals surface area (Å²) in [5, 5.41) is 0.427. The number of carbonyl (C=O) groups is 3. The lowest BCUT2D eigenvalue weighted by atomic mass is 10.0. The predicted molar refractivity (Wildman–Crippen MR) is 141 cm³/mol. The molecule has 1 aliphatic rings. The van der Waals surface area contributed by atoms with Crippen LogP contribution >= 0.6 is 11.6 Å². The molecule has 2 heterocycles. The summed E-state index contributed by atoms with van der Waals surface area (Å²) in [5.41, 5.74) is 3.60.